The third kappa shape index (κ3) is 4.48. The van der Waals surface area contributed by atoms with Gasteiger partial charge in [-0.2, -0.15) is 0 Å². The number of nitrogens with zero attached hydrogens (tertiary/aromatic N) is 1. The van der Waals surface area contributed by atoms with Gasteiger partial charge in [0.25, 0.3) is 11.6 Å². The molecule has 0 unspecified atom stereocenters. The molecule has 9 heteroatoms. The summed E-state index contributed by atoms with van der Waals surface area (Å²) >= 11 is 18.8. The predicted octanol–water partition coefficient (Wildman–Crippen LogP) is 7.75. The van der Waals surface area contributed by atoms with Crippen molar-refractivity contribution in [1.29, 1.82) is 0 Å². The van der Waals surface area contributed by atoms with E-state index < -0.39 is 10.8 Å². The van der Waals surface area contributed by atoms with Crippen LogP contribution < -0.4 is 10.1 Å². The van der Waals surface area contributed by atoms with E-state index in [0.29, 0.717) is 22.2 Å². The van der Waals surface area contributed by atoms with Gasteiger partial charge in [0, 0.05) is 23.2 Å². The highest BCUT2D eigenvalue weighted by Crippen LogP contribution is 2.38. The highest BCUT2D eigenvalue weighted by molar-refractivity contribution is 6.37. The highest BCUT2D eigenvalue weighted by Gasteiger charge is 2.16. The third-order valence-electron chi connectivity index (χ3n) is 4.65. The summed E-state index contributed by atoms with van der Waals surface area (Å²) in [6, 6.07) is 19.6. The van der Waals surface area contributed by atoms with Crippen LogP contribution in [0.1, 0.15) is 10.4 Å². The minimum Gasteiger partial charge on any atom is -0.454 e. The second-order valence-corrected chi connectivity index (χ2v) is 7.91. The second kappa shape index (κ2) is 9.04. The fourth-order valence-corrected chi connectivity index (χ4v) is 3.83. The molecular weight excluding hydrogens is 475 g/mol. The monoisotopic (exact) mass is 486 g/mol. The Labute approximate surface area is 197 Å². The van der Waals surface area contributed by atoms with E-state index in [0.717, 1.165) is 16.8 Å². The molecule has 0 heterocycles. The van der Waals surface area contributed by atoms with Crippen LogP contribution in [0.5, 0.6) is 11.5 Å². The average molecular weight is 488 g/mol. The average Bonchev–Trinajstić information content (AvgIpc) is 2.77. The Morgan fingerprint density at radius 1 is 0.875 bits per heavy atom. The number of hydrogen-bond acceptors (Lipinski definition) is 4. The van der Waals surface area contributed by atoms with Crippen LogP contribution in [-0.4, -0.2) is 10.8 Å². The molecule has 0 atom stereocenters. The molecule has 4 aromatic rings. The van der Waals surface area contributed by atoms with Crippen molar-refractivity contribution >= 4 is 62.9 Å². The van der Waals surface area contributed by atoms with Gasteiger partial charge in [-0.25, -0.2) is 0 Å². The maximum absolute atomic E-state index is 12.5. The minimum absolute atomic E-state index is 0.0336. The second-order valence-electron chi connectivity index (χ2n) is 6.72. The summed E-state index contributed by atoms with van der Waals surface area (Å²) in [5, 5.41) is 16.0. The van der Waals surface area contributed by atoms with Crippen LogP contribution >= 0.6 is 34.8 Å². The largest absolute Gasteiger partial charge is 0.454 e. The zero-order valence-electron chi connectivity index (χ0n) is 16.1. The van der Waals surface area contributed by atoms with Gasteiger partial charge in [-0.1, -0.05) is 65.1 Å². The fourth-order valence-electron chi connectivity index (χ4n) is 3.07. The smallest absolute Gasteiger partial charge is 0.270 e. The summed E-state index contributed by atoms with van der Waals surface area (Å²) in [4.78, 5) is 22.7. The predicted molar refractivity (Wildman–Crippen MR) is 127 cm³/mol. The van der Waals surface area contributed by atoms with Crippen LogP contribution in [0.2, 0.25) is 15.1 Å². The molecule has 0 aliphatic heterocycles. The van der Waals surface area contributed by atoms with Crippen LogP contribution in [0.4, 0.5) is 11.4 Å². The van der Waals surface area contributed by atoms with Crippen molar-refractivity contribution in [2.75, 3.05) is 5.32 Å². The number of nitro groups is 1. The van der Waals surface area contributed by atoms with Crippen LogP contribution in [0.25, 0.3) is 10.8 Å². The Morgan fingerprint density at radius 2 is 1.62 bits per heavy atom. The lowest BCUT2D eigenvalue weighted by Crippen LogP contribution is -2.12. The van der Waals surface area contributed by atoms with Crippen LogP contribution in [-0.2, 0) is 0 Å². The summed E-state index contributed by atoms with van der Waals surface area (Å²) in [5.74, 6) is 0.268. The molecule has 4 aromatic carbocycles. The standard InChI is InChI=1S/C23H13Cl3N2O4/c24-18-12-15(28(30)31)7-8-17(18)23(29)27-14-6-10-20(19(25)11-14)32-21-9-5-13-3-1-2-4-16(13)22(21)26/h1-12H,(H,27,29). The fraction of sp³-hybridized carbons (Fsp3) is 0. The van der Waals surface area contributed by atoms with Gasteiger partial charge in [0.2, 0.25) is 0 Å². The van der Waals surface area contributed by atoms with Gasteiger partial charge >= 0.3 is 0 Å². The first kappa shape index (κ1) is 21.9. The molecule has 0 aromatic heterocycles. The molecule has 32 heavy (non-hydrogen) atoms. The number of amides is 1. The summed E-state index contributed by atoms with van der Waals surface area (Å²) in [6.45, 7) is 0. The molecule has 0 saturated carbocycles. The Bertz CT molecular complexity index is 1370. The summed E-state index contributed by atoms with van der Waals surface area (Å²) < 4.78 is 5.89. The van der Waals surface area contributed by atoms with Crippen LogP contribution in [0.3, 0.4) is 0 Å². The van der Waals surface area contributed by atoms with Gasteiger partial charge in [0.05, 0.1) is 25.6 Å². The Morgan fingerprint density at radius 3 is 2.34 bits per heavy atom. The van der Waals surface area contributed by atoms with E-state index in [2.05, 4.69) is 5.32 Å². The van der Waals surface area contributed by atoms with E-state index in [1.807, 2.05) is 30.3 Å². The van der Waals surface area contributed by atoms with E-state index in [4.69, 9.17) is 39.5 Å². The van der Waals surface area contributed by atoms with E-state index in [1.165, 1.54) is 18.2 Å². The SMILES string of the molecule is O=C(Nc1ccc(Oc2ccc3ccccc3c2Cl)c(Cl)c1)c1ccc([N+](=O)[O-])cc1Cl. The molecule has 0 aliphatic rings. The summed E-state index contributed by atoms with van der Waals surface area (Å²) in [6.07, 6.45) is 0. The van der Waals surface area contributed by atoms with E-state index >= 15 is 0 Å². The first-order chi connectivity index (χ1) is 15.3. The van der Waals surface area contributed by atoms with Crippen molar-refractivity contribution in [1.82, 2.24) is 0 Å². The number of hydrogen-bond donors (Lipinski definition) is 1. The number of nitro benzene ring substituents is 1. The first-order valence-electron chi connectivity index (χ1n) is 9.23. The number of non-ortho nitro benzene ring substituents is 1. The van der Waals surface area contributed by atoms with E-state index in [1.54, 1.807) is 18.2 Å². The number of rotatable bonds is 5. The number of anilines is 1. The van der Waals surface area contributed by atoms with Crippen molar-refractivity contribution < 1.29 is 14.5 Å². The van der Waals surface area contributed by atoms with E-state index in [9.17, 15) is 14.9 Å². The number of carbonyl (C=O) groups is 1. The van der Waals surface area contributed by atoms with Gasteiger partial charge in [-0.05, 0) is 35.7 Å². The number of halogens is 3. The summed E-state index contributed by atoms with van der Waals surface area (Å²) in [7, 11) is 0. The zero-order valence-corrected chi connectivity index (χ0v) is 18.4. The highest BCUT2D eigenvalue weighted by atomic mass is 35.5. The molecule has 160 valence electrons. The van der Waals surface area contributed by atoms with Crippen molar-refractivity contribution in [3.05, 3.63) is 104 Å². The Kier molecular flexibility index (Phi) is 6.19. The molecule has 0 aliphatic carbocycles. The molecule has 0 fully saturated rings. The molecule has 0 bridgehead atoms. The molecule has 1 amide bonds. The number of nitrogens with one attached hydrogen (secondary N) is 1. The molecule has 1 N–H and O–H groups in total. The van der Waals surface area contributed by atoms with Crippen molar-refractivity contribution in [2.45, 2.75) is 0 Å². The number of carbonyl (C=O) groups excluding carboxylic acids is 1. The number of ether oxygens (including phenoxy) is 1. The molecular formula is C23H13Cl3N2O4. The molecule has 4 rings (SSSR count). The Balaban J connectivity index is 1.53. The maximum Gasteiger partial charge on any atom is 0.270 e. The molecule has 0 spiro atoms. The van der Waals surface area contributed by atoms with Gasteiger partial charge < -0.3 is 10.1 Å². The van der Waals surface area contributed by atoms with Gasteiger partial charge in [-0.15, -0.1) is 0 Å². The zero-order chi connectivity index (χ0) is 22.8. The molecule has 6 nitrogen and oxygen atoms in total. The lowest BCUT2D eigenvalue weighted by atomic mass is 10.1. The lowest BCUT2D eigenvalue weighted by molar-refractivity contribution is -0.384. The quantitative estimate of drug-likeness (QED) is 0.230. The van der Waals surface area contributed by atoms with Crippen LogP contribution in [0.15, 0.2) is 72.8 Å². The van der Waals surface area contributed by atoms with Crippen molar-refractivity contribution in [3.8, 4) is 11.5 Å². The van der Waals surface area contributed by atoms with E-state index in [-0.39, 0.29) is 21.3 Å². The third-order valence-corrected chi connectivity index (χ3v) is 5.64. The minimum atomic E-state index is -0.589. The Hall–Kier alpha value is -3.32. The summed E-state index contributed by atoms with van der Waals surface area (Å²) in [5.41, 5.74) is 0.284. The van der Waals surface area contributed by atoms with Gasteiger partial charge in [0.15, 0.2) is 0 Å². The first-order valence-corrected chi connectivity index (χ1v) is 10.4. The van der Waals surface area contributed by atoms with Gasteiger partial charge in [0.1, 0.15) is 11.5 Å². The lowest BCUT2D eigenvalue weighted by Gasteiger charge is -2.13. The van der Waals surface area contributed by atoms with Crippen LogP contribution in [0, 0.1) is 10.1 Å². The maximum atomic E-state index is 12.5. The van der Waals surface area contributed by atoms with Gasteiger partial charge in [-0.3, -0.25) is 14.9 Å². The normalized spacial score (nSPS) is 10.7. The van der Waals surface area contributed by atoms with Crippen molar-refractivity contribution in [2.24, 2.45) is 0 Å². The topological polar surface area (TPSA) is 81.5 Å². The molecule has 0 radical (unpaired) electrons. The number of fused-ring (bicyclic) bond motifs is 1. The van der Waals surface area contributed by atoms with Crippen molar-refractivity contribution in [3.63, 3.8) is 0 Å². The molecule has 0 saturated heterocycles. The number of benzene rings is 4.